The molecule has 182 valence electrons. The Balaban J connectivity index is 1.56. The monoisotopic (exact) mass is 495 g/mol. The van der Waals surface area contributed by atoms with Crippen molar-refractivity contribution < 1.29 is 9.13 Å². The van der Waals surface area contributed by atoms with E-state index in [2.05, 4.69) is 48.9 Å². The first kappa shape index (κ1) is 24.1. The Labute approximate surface area is 212 Å². The third-order valence-corrected chi connectivity index (χ3v) is 7.97. The second kappa shape index (κ2) is 10.2. The quantitative estimate of drug-likeness (QED) is 0.162. The van der Waals surface area contributed by atoms with Gasteiger partial charge in [0.05, 0.1) is 11.2 Å². The van der Waals surface area contributed by atoms with Crippen LogP contribution in [0.5, 0.6) is 0 Å². The molecule has 2 aromatic heterocycles. The smallest absolute Gasteiger partial charge is 0.140 e. The largest absolute Gasteiger partial charge is 0.360 e. The van der Waals surface area contributed by atoms with Gasteiger partial charge in [0.2, 0.25) is 0 Å². The maximum absolute atomic E-state index is 14.8. The van der Waals surface area contributed by atoms with E-state index in [9.17, 15) is 4.39 Å². The van der Waals surface area contributed by atoms with Gasteiger partial charge in [-0.3, -0.25) is 4.98 Å². The zero-order valence-corrected chi connectivity index (χ0v) is 21.9. The molecule has 6 heteroatoms. The molecule has 3 aromatic carbocycles. The second-order valence-corrected chi connectivity index (χ2v) is 15.9. The summed E-state index contributed by atoms with van der Waals surface area (Å²) in [4.78, 5) is 4.37. The lowest BCUT2D eigenvalue weighted by atomic mass is 9.99. The van der Waals surface area contributed by atoms with Gasteiger partial charge in [-0.25, -0.2) is 9.07 Å². The van der Waals surface area contributed by atoms with E-state index >= 15 is 0 Å². The van der Waals surface area contributed by atoms with Gasteiger partial charge in [-0.05, 0) is 41.4 Å². The van der Waals surface area contributed by atoms with Crippen molar-refractivity contribution >= 4 is 41.9 Å². The molecule has 0 aliphatic rings. The minimum atomic E-state index is -1.17. The van der Waals surface area contributed by atoms with Gasteiger partial charge in [0.1, 0.15) is 12.5 Å². The molecular weight excluding hydrogens is 465 g/mol. The van der Waals surface area contributed by atoms with Gasteiger partial charge < -0.3 is 4.74 Å². The highest BCUT2D eigenvalue weighted by molar-refractivity contribution is 6.76. The first-order valence-electron chi connectivity index (χ1n) is 12.2. The highest BCUT2D eigenvalue weighted by Gasteiger charge is 2.15. The Hall–Kier alpha value is -3.61. The number of nitrogens with zero attached hydrogens (tertiary/aromatic N) is 3. The molecule has 0 radical (unpaired) electrons. The summed E-state index contributed by atoms with van der Waals surface area (Å²) in [6, 6.07) is 22.5. The molecule has 0 N–H and O–H groups in total. The number of rotatable bonds is 8. The number of hydrogen-bond acceptors (Lipinski definition) is 3. The topological polar surface area (TPSA) is 39.9 Å². The maximum Gasteiger partial charge on any atom is 0.140 e. The van der Waals surface area contributed by atoms with Gasteiger partial charge in [-0.2, -0.15) is 5.10 Å². The minimum Gasteiger partial charge on any atom is -0.360 e. The van der Waals surface area contributed by atoms with Gasteiger partial charge in [0.25, 0.3) is 0 Å². The summed E-state index contributed by atoms with van der Waals surface area (Å²) in [6.45, 7) is 8.16. The summed E-state index contributed by atoms with van der Waals surface area (Å²) in [5.74, 6) is -0.249. The van der Waals surface area contributed by atoms with Crippen LogP contribution in [-0.4, -0.2) is 29.4 Å². The van der Waals surface area contributed by atoms with Gasteiger partial charge in [-0.1, -0.05) is 74.2 Å². The fourth-order valence-corrected chi connectivity index (χ4v) is 5.03. The van der Waals surface area contributed by atoms with E-state index in [0.717, 1.165) is 51.3 Å². The molecule has 5 rings (SSSR count). The molecule has 0 aliphatic carbocycles. The van der Waals surface area contributed by atoms with E-state index in [4.69, 9.17) is 9.84 Å². The number of hydrogen-bond donors (Lipinski definition) is 0. The van der Waals surface area contributed by atoms with E-state index < -0.39 is 8.07 Å². The molecule has 2 heterocycles. The second-order valence-electron chi connectivity index (χ2n) is 10.2. The van der Waals surface area contributed by atoms with Crippen LogP contribution >= 0.6 is 0 Å². The van der Waals surface area contributed by atoms with Crippen LogP contribution in [0.1, 0.15) is 11.3 Å². The van der Waals surface area contributed by atoms with E-state index in [1.807, 2.05) is 47.2 Å². The molecular formula is C30H30FN3OSi. The van der Waals surface area contributed by atoms with Gasteiger partial charge in [0, 0.05) is 48.8 Å². The van der Waals surface area contributed by atoms with Crippen LogP contribution in [0.4, 0.5) is 4.39 Å². The summed E-state index contributed by atoms with van der Waals surface area (Å²) < 4.78 is 22.8. The van der Waals surface area contributed by atoms with E-state index in [1.54, 1.807) is 18.5 Å². The zero-order valence-electron chi connectivity index (χ0n) is 20.9. The van der Waals surface area contributed by atoms with Crippen LogP contribution in [0.3, 0.4) is 0 Å². The van der Waals surface area contributed by atoms with Crippen LogP contribution in [0.15, 0.2) is 79.1 Å². The van der Waals surface area contributed by atoms with E-state index in [0.29, 0.717) is 12.1 Å². The summed E-state index contributed by atoms with van der Waals surface area (Å²) in [7, 11) is -1.17. The van der Waals surface area contributed by atoms with Crippen LogP contribution < -0.4 is 0 Å². The average molecular weight is 496 g/mol. The number of aromatic nitrogens is 3. The van der Waals surface area contributed by atoms with E-state index in [-0.39, 0.29) is 5.82 Å². The first-order valence-corrected chi connectivity index (χ1v) is 15.9. The maximum atomic E-state index is 14.8. The zero-order chi connectivity index (χ0) is 25.1. The number of pyridine rings is 1. The summed E-state index contributed by atoms with van der Waals surface area (Å²) in [6.07, 6.45) is 7.52. The lowest BCUT2D eigenvalue weighted by Gasteiger charge is -2.15. The van der Waals surface area contributed by atoms with Crippen molar-refractivity contribution in [1.29, 1.82) is 0 Å². The Morgan fingerprint density at radius 1 is 0.944 bits per heavy atom. The molecule has 4 nitrogen and oxygen atoms in total. The first-order chi connectivity index (χ1) is 17.4. The highest BCUT2D eigenvalue weighted by Crippen LogP contribution is 2.33. The van der Waals surface area contributed by atoms with Crippen molar-refractivity contribution in [3.63, 3.8) is 0 Å². The predicted molar refractivity (Wildman–Crippen MR) is 150 cm³/mol. The number of ether oxygens (including phenoxy) is 1. The Morgan fingerprint density at radius 3 is 2.58 bits per heavy atom. The Bertz CT molecular complexity index is 1530. The van der Waals surface area contributed by atoms with Crippen molar-refractivity contribution in [2.45, 2.75) is 32.4 Å². The fraction of sp³-hybridized carbons (Fsp3) is 0.200. The molecule has 36 heavy (non-hydrogen) atoms. The van der Waals surface area contributed by atoms with Crippen molar-refractivity contribution in [1.82, 2.24) is 14.8 Å². The molecule has 0 atom stereocenters. The molecule has 0 saturated heterocycles. The molecule has 0 bridgehead atoms. The lowest BCUT2D eigenvalue weighted by Crippen LogP contribution is -2.22. The van der Waals surface area contributed by atoms with Gasteiger partial charge in [0.15, 0.2) is 0 Å². The highest BCUT2D eigenvalue weighted by atomic mass is 28.3. The number of halogens is 1. The lowest BCUT2D eigenvalue weighted by molar-refractivity contribution is 0.0816. The summed E-state index contributed by atoms with van der Waals surface area (Å²) in [5.41, 5.74) is 4.60. The molecule has 0 saturated carbocycles. The van der Waals surface area contributed by atoms with Crippen molar-refractivity contribution in [2.24, 2.45) is 0 Å². The average Bonchev–Trinajstić information content (AvgIpc) is 3.22. The molecule has 0 spiro atoms. The molecule has 5 aromatic rings. The molecule has 0 fully saturated rings. The van der Waals surface area contributed by atoms with Crippen LogP contribution in [0, 0.1) is 5.82 Å². The normalized spacial score (nSPS) is 12.2. The van der Waals surface area contributed by atoms with Gasteiger partial charge >= 0.3 is 0 Å². The molecule has 0 amide bonds. The predicted octanol–water partition coefficient (Wildman–Crippen LogP) is 7.87. The minimum absolute atomic E-state index is 0.249. The standard InChI is InChI=1S/C30H30FN3OSi/c1-36(2,3)17-16-35-21-34-29-15-13-23(26-20-32-19-24-10-7-11-27(31)30(24)26)18-25(29)28(33-34)14-12-22-8-5-4-6-9-22/h4-15,18-20H,16-17,21H2,1-3H3/b14-12+. The van der Waals surface area contributed by atoms with E-state index in [1.165, 1.54) is 6.07 Å². The van der Waals surface area contributed by atoms with Crippen LogP contribution in [-0.2, 0) is 11.5 Å². The van der Waals surface area contributed by atoms with Crippen LogP contribution in [0.2, 0.25) is 25.7 Å². The van der Waals surface area contributed by atoms with Gasteiger partial charge in [-0.15, -0.1) is 0 Å². The SMILES string of the molecule is C[Si](C)(C)CCOCn1nc(/C=C/c2ccccc2)c2cc(-c3cncc4cccc(F)c34)ccc21. The van der Waals surface area contributed by atoms with Crippen molar-refractivity contribution in [3.8, 4) is 11.1 Å². The Kier molecular flexibility index (Phi) is 6.81. The fourth-order valence-electron chi connectivity index (χ4n) is 4.27. The number of fused-ring (bicyclic) bond motifs is 2. The molecule has 0 unspecified atom stereocenters. The molecule has 0 aliphatic heterocycles. The van der Waals surface area contributed by atoms with Crippen molar-refractivity contribution in [3.05, 3.63) is 96.2 Å². The Morgan fingerprint density at radius 2 is 1.78 bits per heavy atom. The van der Waals surface area contributed by atoms with Crippen LogP contribution in [0.25, 0.3) is 45.0 Å². The summed E-state index contributed by atoms with van der Waals surface area (Å²) >= 11 is 0. The summed E-state index contributed by atoms with van der Waals surface area (Å²) in [5, 5.41) is 7.23. The third kappa shape index (κ3) is 5.30. The van der Waals surface area contributed by atoms with Crippen molar-refractivity contribution in [2.75, 3.05) is 6.61 Å². The third-order valence-electron chi connectivity index (χ3n) is 6.27. The number of benzene rings is 3.